The summed E-state index contributed by atoms with van der Waals surface area (Å²) >= 11 is 11.8. The van der Waals surface area contributed by atoms with E-state index >= 15 is 0 Å². The summed E-state index contributed by atoms with van der Waals surface area (Å²) in [5.41, 5.74) is 0.349. The Labute approximate surface area is 178 Å². The van der Waals surface area contributed by atoms with Crippen LogP contribution in [0.3, 0.4) is 0 Å². The number of carbonyl (C=O) groups is 3. The van der Waals surface area contributed by atoms with Crippen molar-refractivity contribution in [3.05, 3.63) is 40.4 Å². The molecule has 7 nitrogen and oxygen atoms in total. The molecule has 2 N–H and O–H groups in total. The number of carbonyl (C=O) groups excluding carboxylic acids is 3. The van der Waals surface area contributed by atoms with Crippen molar-refractivity contribution in [2.75, 3.05) is 12.4 Å². The zero-order valence-corrected chi connectivity index (χ0v) is 17.3. The van der Waals surface area contributed by atoms with Gasteiger partial charge in [0, 0.05) is 28.9 Å². The third kappa shape index (κ3) is 5.72. The van der Waals surface area contributed by atoms with Crippen molar-refractivity contribution in [1.29, 1.82) is 0 Å². The summed E-state index contributed by atoms with van der Waals surface area (Å²) in [5, 5.41) is 5.97. The second-order valence-electron chi connectivity index (χ2n) is 7.10. The molecule has 3 rings (SSSR count). The Bertz CT molecular complexity index is 805. The van der Waals surface area contributed by atoms with Gasteiger partial charge in [-0.3, -0.25) is 14.4 Å². The van der Waals surface area contributed by atoms with E-state index in [1.807, 2.05) is 0 Å². The minimum Gasteiger partial charge on any atom is -0.462 e. The molecule has 2 aliphatic carbocycles. The molecule has 3 atom stereocenters. The fraction of sp³-hybridized carbons (Fsp3) is 0.450. The smallest absolute Gasteiger partial charge is 0.313 e. The Morgan fingerprint density at radius 1 is 1.07 bits per heavy atom. The SMILES string of the molecule is COC(C(=O)Nc1cc(Cl)cc(Cl)c1)C(=O)N[C@H]1C=C[C@@H](C(=O)OC2CCC2)C1. The van der Waals surface area contributed by atoms with E-state index in [2.05, 4.69) is 10.6 Å². The quantitative estimate of drug-likeness (QED) is 0.385. The summed E-state index contributed by atoms with van der Waals surface area (Å²) in [4.78, 5) is 37.1. The van der Waals surface area contributed by atoms with E-state index in [1.165, 1.54) is 25.3 Å². The van der Waals surface area contributed by atoms with Gasteiger partial charge >= 0.3 is 5.97 Å². The van der Waals surface area contributed by atoms with Crippen molar-refractivity contribution in [2.24, 2.45) is 5.92 Å². The minimum absolute atomic E-state index is 0.0195. The summed E-state index contributed by atoms with van der Waals surface area (Å²) in [5.74, 6) is -1.95. The molecule has 0 aliphatic heterocycles. The number of hydrogen-bond donors (Lipinski definition) is 2. The molecule has 1 unspecified atom stereocenters. The first-order chi connectivity index (χ1) is 13.9. The van der Waals surface area contributed by atoms with Gasteiger partial charge in [-0.1, -0.05) is 35.4 Å². The minimum atomic E-state index is -1.37. The van der Waals surface area contributed by atoms with Crippen LogP contribution in [0.25, 0.3) is 0 Å². The first-order valence-electron chi connectivity index (χ1n) is 9.34. The molecule has 29 heavy (non-hydrogen) atoms. The van der Waals surface area contributed by atoms with Gasteiger partial charge in [-0.2, -0.15) is 0 Å². The molecule has 0 radical (unpaired) electrons. The lowest BCUT2D eigenvalue weighted by Crippen LogP contribution is -2.47. The van der Waals surface area contributed by atoms with Gasteiger partial charge in [-0.25, -0.2) is 0 Å². The number of esters is 1. The van der Waals surface area contributed by atoms with Gasteiger partial charge in [0.25, 0.3) is 11.8 Å². The molecular formula is C20H22Cl2N2O5. The molecule has 2 aliphatic rings. The maximum Gasteiger partial charge on any atom is 0.313 e. The number of benzene rings is 1. The zero-order valence-electron chi connectivity index (χ0n) is 15.8. The summed E-state index contributed by atoms with van der Waals surface area (Å²) < 4.78 is 10.5. The fourth-order valence-electron chi connectivity index (χ4n) is 3.15. The van der Waals surface area contributed by atoms with Gasteiger partial charge in [0.2, 0.25) is 6.10 Å². The molecule has 0 saturated heterocycles. The van der Waals surface area contributed by atoms with Gasteiger partial charge in [0.05, 0.1) is 5.92 Å². The van der Waals surface area contributed by atoms with Crippen molar-refractivity contribution >= 4 is 46.7 Å². The summed E-state index contributed by atoms with van der Waals surface area (Å²) in [6.45, 7) is 0. The predicted octanol–water partition coefficient (Wildman–Crippen LogP) is 3.10. The second kappa shape index (κ2) is 9.61. The highest BCUT2D eigenvalue weighted by atomic mass is 35.5. The lowest BCUT2D eigenvalue weighted by molar-refractivity contribution is -0.156. The summed E-state index contributed by atoms with van der Waals surface area (Å²) in [6, 6.07) is 4.16. The molecule has 0 heterocycles. The number of rotatable bonds is 7. The summed E-state index contributed by atoms with van der Waals surface area (Å²) in [6.07, 6.45) is 5.38. The van der Waals surface area contributed by atoms with Crippen LogP contribution in [0, 0.1) is 5.92 Å². The van der Waals surface area contributed by atoms with Crippen molar-refractivity contribution in [1.82, 2.24) is 5.32 Å². The third-order valence-electron chi connectivity index (χ3n) is 4.89. The Morgan fingerprint density at radius 2 is 1.76 bits per heavy atom. The number of nitrogens with one attached hydrogen (secondary N) is 2. The van der Waals surface area contributed by atoms with E-state index in [-0.39, 0.29) is 18.1 Å². The number of amides is 2. The molecular weight excluding hydrogens is 419 g/mol. The van der Waals surface area contributed by atoms with E-state index in [1.54, 1.807) is 12.2 Å². The Kier molecular flexibility index (Phi) is 7.16. The van der Waals surface area contributed by atoms with E-state index < -0.39 is 23.8 Å². The van der Waals surface area contributed by atoms with Crippen LogP contribution in [0.2, 0.25) is 10.0 Å². The maximum atomic E-state index is 12.5. The standard InChI is InChI=1S/C20H22Cl2N2O5/c1-28-17(19(26)24-15-9-12(21)8-13(22)10-15)18(25)23-14-6-5-11(7-14)20(27)29-16-3-2-4-16/h5-6,8-11,14,16-17H,2-4,7H2,1H3,(H,23,25)(H,24,26)/t11-,14+,17?/m1/s1. The van der Waals surface area contributed by atoms with Crippen LogP contribution < -0.4 is 10.6 Å². The van der Waals surface area contributed by atoms with Crippen LogP contribution in [-0.2, 0) is 23.9 Å². The van der Waals surface area contributed by atoms with Crippen molar-refractivity contribution < 1.29 is 23.9 Å². The largest absolute Gasteiger partial charge is 0.462 e. The van der Waals surface area contributed by atoms with Gasteiger partial charge < -0.3 is 20.1 Å². The highest BCUT2D eigenvalue weighted by Gasteiger charge is 2.33. The number of halogens is 2. The summed E-state index contributed by atoms with van der Waals surface area (Å²) in [7, 11) is 1.26. The van der Waals surface area contributed by atoms with E-state index in [0.717, 1.165) is 19.3 Å². The second-order valence-corrected chi connectivity index (χ2v) is 7.97. The van der Waals surface area contributed by atoms with E-state index in [9.17, 15) is 14.4 Å². The highest BCUT2D eigenvalue weighted by molar-refractivity contribution is 6.35. The fourth-order valence-corrected chi connectivity index (χ4v) is 3.67. The van der Waals surface area contributed by atoms with Crippen LogP contribution in [0.5, 0.6) is 0 Å². The number of methoxy groups -OCH3 is 1. The Hall–Kier alpha value is -2.09. The Morgan fingerprint density at radius 3 is 2.34 bits per heavy atom. The van der Waals surface area contributed by atoms with Crippen LogP contribution >= 0.6 is 23.2 Å². The molecule has 1 fully saturated rings. The van der Waals surface area contributed by atoms with Gasteiger partial charge in [0.15, 0.2) is 0 Å². The molecule has 0 bridgehead atoms. The molecule has 0 spiro atoms. The van der Waals surface area contributed by atoms with E-state index in [0.29, 0.717) is 22.2 Å². The molecule has 2 amide bonds. The average Bonchev–Trinajstić information content (AvgIpc) is 3.06. The van der Waals surface area contributed by atoms with E-state index in [4.69, 9.17) is 32.7 Å². The number of hydrogen-bond acceptors (Lipinski definition) is 5. The third-order valence-corrected chi connectivity index (χ3v) is 5.33. The number of anilines is 1. The van der Waals surface area contributed by atoms with Crippen LogP contribution in [0.15, 0.2) is 30.4 Å². The molecule has 1 aromatic carbocycles. The van der Waals surface area contributed by atoms with Gasteiger partial charge in [-0.15, -0.1) is 0 Å². The van der Waals surface area contributed by atoms with Crippen molar-refractivity contribution in [2.45, 2.75) is 43.9 Å². The lowest BCUT2D eigenvalue weighted by Gasteiger charge is -2.26. The molecule has 1 saturated carbocycles. The maximum absolute atomic E-state index is 12.5. The average molecular weight is 441 g/mol. The number of ether oxygens (including phenoxy) is 2. The van der Waals surface area contributed by atoms with Gasteiger partial charge in [-0.05, 0) is 43.9 Å². The Balaban J connectivity index is 1.52. The molecule has 0 aromatic heterocycles. The normalized spacial score (nSPS) is 21.9. The monoisotopic (exact) mass is 440 g/mol. The molecule has 1 aromatic rings. The van der Waals surface area contributed by atoms with Crippen LogP contribution in [0.1, 0.15) is 25.7 Å². The molecule has 9 heteroatoms. The highest BCUT2D eigenvalue weighted by Crippen LogP contribution is 2.26. The molecule has 156 valence electrons. The first kappa shape index (κ1) is 21.6. The van der Waals surface area contributed by atoms with Crippen LogP contribution in [0.4, 0.5) is 5.69 Å². The first-order valence-corrected chi connectivity index (χ1v) is 10.1. The topological polar surface area (TPSA) is 93.7 Å². The zero-order chi connectivity index (χ0) is 21.0. The van der Waals surface area contributed by atoms with Crippen molar-refractivity contribution in [3.8, 4) is 0 Å². The predicted molar refractivity (Wildman–Crippen MR) is 109 cm³/mol. The van der Waals surface area contributed by atoms with Crippen LogP contribution in [-0.4, -0.2) is 43.1 Å². The van der Waals surface area contributed by atoms with Gasteiger partial charge in [0.1, 0.15) is 6.10 Å². The lowest BCUT2D eigenvalue weighted by atomic mass is 9.96. The van der Waals surface area contributed by atoms with Crippen molar-refractivity contribution in [3.63, 3.8) is 0 Å².